The van der Waals surface area contributed by atoms with Crippen molar-refractivity contribution in [2.45, 2.75) is 26.9 Å². The SMILES string of the molecule is Cc1cc(C)c(O)c(CN(Cc2ccccc2)c2ccccc2)c1. The van der Waals surface area contributed by atoms with Crippen molar-refractivity contribution in [3.05, 3.63) is 95.1 Å². The van der Waals surface area contributed by atoms with Crippen molar-refractivity contribution in [3.8, 4) is 5.75 Å². The molecule has 2 nitrogen and oxygen atoms in total. The summed E-state index contributed by atoms with van der Waals surface area (Å²) in [5, 5.41) is 10.5. The Labute approximate surface area is 144 Å². The lowest BCUT2D eigenvalue weighted by Gasteiger charge is -2.26. The molecule has 1 N–H and O–H groups in total. The first-order valence-electron chi connectivity index (χ1n) is 8.26. The van der Waals surface area contributed by atoms with Crippen LogP contribution < -0.4 is 4.90 Å². The monoisotopic (exact) mass is 317 g/mol. The highest BCUT2D eigenvalue weighted by molar-refractivity contribution is 5.50. The van der Waals surface area contributed by atoms with Gasteiger partial charge in [-0.2, -0.15) is 0 Å². The van der Waals surface area contributed by atoms with Crippen LogP contribution in [0.15, 0.2) is 72.8 Å². The minimum Gasteiger partial charge on any atom is -0.507 e. The molecule has 0 saturated heterocycles. The van der Waals surface area contributed by atoms with Gasteiger partial charge in [0, 0.05) is 24.3 Å². The number of para-hydroxylation sites is 1. The van der Waals surface area contributed by atoms with Gasteiger partial charge < -0.3 is 10.0 Å². The van der Waals surface area contributed by atoms with Crippen LogP contribution in [0.1, 0.15) is 22.3 Å². The summed E-state index contributed by atoms with van der Waals surface area (Å²) in [7, 11) is 0. The molecule has 0 spiro atoms. The highest BCUT2D eigenvalue weighted by atomic mass is 16.3. The lowest BCUT2D eigenvalue weighted by Crippen LogP contribution is -2.22. The molecule has 0 radical (unpaired) electrons. The van der Waals surface area contributed by atoms with E-state index in [1.165, 1.54) is 11.1 Å². The summed E-state index contributed by atoms with van der Waals surface area (Å²) in [6.07, 6.45) is 0. The molecule has 0 fully saturated rings. The molecule has 3 aromatic rings. The Balaban J connectivity index is 1.93. The summed E-state index contributed by atoms with van der Waals surface area (Å²) >= 11 is 0. The molecule has 0 aliphatic rings. The molecule has 0 aromatic heterocycles. The second-order valence-corrected chi connectivity index (χ2v) is 6.27. The highest BCUT2D eigenvalue weighted by Gasteiger charge is 2.12. The fourth-order valence-corrected chi connectivity index (χ4v) is 3.06. The third kappa shape index (κ3) is 3.77. The largest absolute Gasteiger partial charge is 0.507 e. The quantitative estimate of drug-likeness (QED) is 0.697. The molecule has 0 bridgehead atoms. The van der Waals surface area contributed by atoms with Crippen LogP contribution in [0.2, 0.25) is 0 Å². The van der Waals surface area contributed by atoms with Gasteiger partial charge in [-0.3, -0.25) is 0 Å². The lowest BCUT2D eigenvalue weighted by atomic mass is 10.0. The van der Waals surface area contributed by atoms with Crippen molar-refractivity contribution in [1.82, 2.24) is 0 Å². The van der Waals surface area contributed by atoms with Crippen molar-refractivity contribution in [2.24, 2.45) is 0 Å². The van der Waals surface area contributed by atoms with Crippen LogP contribution in [0.4, 0.5) is 5.69 Å². The zero-order valence-corrected chi connectivity index (χ0v) is 14.2. The third-order valence-electron chi connectivity index (χ3n) is 4.22. The van der Waals surface area contributed by atoms with Gasteiger partial charge in [0.15, 0.2) is 0 Å². The van der Waals surface area contributed by atoms with E-state index in [1.807, 2.05) is 25.1 Å². The molecule has 0 atom stereocenters. The smallest absolute Gasteiger partial charge is 0.123 e. The molecule has 0 aliphatic carbocycles. The van der Waals surface area contributed by atoms with Crippen molar-refractivity contribution in [2.75, 3.05) is 4.90 Å². The van der Waals surface area contributed by atoms with Crippen LogP contribution in [0.3, 0.4) is 0 Å². The number of aryl methyl sites for hydroxylation is 2. The number of nitrogens with zero attached hydrogens (tertiary/aromatic N) is 1. The topological polar surface area (TPSA) is 23.5 Å². The van der Waals surface area contributed by atoms with Crippen molar-refractivity contribution in [1.29, 1.82) is 0 Å². The molecule has 3 rings (SSSR count). The predicted octanol–water partition coefficient (Wildman–Crippen LogP) is 5.22. The van der Waals surface area contributed by atoms with Crippen molar-refractivity contribution < 1.29 is 5.11 Å². The zero-order valence-electron chi connectivity index (χ0n) is 14.2. The van der Waals surface area contributed by atoms with E-state index in [-0.39, 0.29) is 0 Å². The molecular weight excluding hydrogens is 294 g/mol. The number of benzene rings is 3. The number of rotatable bonds is 5. The second-order valence-electron chi connectivity index (χ2n) is 6.27. The summed E-state index contributed by atoms with van der Waals surface area (Å²) in [5.41, 5.74) is 5.48. The maximum atomic E-state index is 10.5. The summed E-state index contributed by atoms with van der Waals surface area (Å²) in [5.74, 6) is 0.398. The maximum absolute atomic E-state index is 10.5. The number of hydrogen-bond donors (Lipinski definition) is 1. The minimum absolute atomic E-state index is 0.398. The van der Waals surface area contributed by atoms with Gasteiger partial charge in [-0.1, -0.05) is 66.2 Å². The summed E-state index contributed by atoms with van der Waals surface area (Å²) < 4.78 is 0. The van der Waals surface area contributed by atoms with E-state index in [1.54, 1.807) is 0 Å². The van der Waals surface area contributed by atoms with Gasteiger partial charge in [0.2, 0.25) is 0 Å². The Bertz CT molecular complexity index is 797. The Morgan fingerprint density at radius 3 is 2.08 bits per heavy atom. The van der Waals surface area contributed by atoms with Gasteiger partial charge in [-0.25, -0.2) is 0 Å². The number of aromatic hydroxyl groups is 1. The van der Waals surface area contributed by atoms with E-state index in [0.29, 0.717) is 12.3 Å². The predicted molar refractivity (Wildman–Crippen MR) is 100 cm³/mol. The lowest BCUT2D eigenvalue weighted by molar-refractivity contribution is 0.462. The molecule has 0 heterocycles. The highest BCUT2D eigenvalue weighted by Crippen LogP contribution is 2.28. The Morgan fingerprint density at radius 1 is 0.792 bits per heavy atom. The Hall–Kier alpha value is -2.74. The number of hydrogen-bond acceptors (Lipinski definition) is 2. The van der Waals surface area contributed by atoms with Gasteiger partial charge in [-0.05, 0) is 37.1 Å². The van der Waals surface area contributed by atoms with Gasteiger partial charge in [0.25, 0.3) is 0 Å². The Morgan fingerprint density at radius 2 is 1.42 bits per heavy atom. The van der Waals surface area contributed by atoms with Crippen LogP contribution >= 0.6 is 0 Å². The first kappa shape index (κ1) is 16.1. The molecule has 3 aromatic carbocycles. The van der Waals surface area contributed by atoms with Gasteiger partial charge >= 0.3 is 0 Å². The van der Waals surface area contributed by atoms with Crippen LogP contribution in [0, 0.1) is 13.8 Å². The first-order chi connectivity index (χ1) is 11.6. The fourth-order valence-electron chi connectivity index (χ4n) is 3.06. The molecule has 24 heavy (non-hydrogen) atoms. The normalized spacial score (nSPS) is 10.6. The minimum atomic E-state index is 0.398. The van der Waals surface area contributed by atoms with Crippen molar-refractivity contribution in [3.63, 3.8) is 0 Å². The van der Waals surface area contributed by atoms with Crippen LogP contribution in [-0.2, 0) is 13.1 Å². The summed E-state index contributed by atoms with van der Waals surface area (Å²) in [4.78, 5) is 2.29. The third-order valence-corrected chi connectivity index (χ3v) is 4.22. The fraction of sp³-hybridized carbons (Fsp3) is 0.182. The molecule has 0 aliphatic heterocycles. The molecule has 0 saturated carbocycles. The van der Waals surface area contributed by atoms with Crippen LogP contribution in [0.25, 0.3) is 0 Å². The summed E-state index contributed by atoms with van der Waals surface area (Å²) in [6, 6.07) is 24.9. The van der Waals surface area contributed by atoms with Gasteiger partial charge in [-0.15, -0.1) is 0 Å². The van der Waals surface area contributed by atoms with E-state index in [0.717, 1.165) is 23.4 Å². The molecule has 2 heteroatoms. The van der Waals surface area contributed by atoms with E-state index in [2.05, 4.69) is 66.4 Å². The second kappa shape index (κ2) is 7.22. The Kier molecular flexibility index (Phi) is 4.85. The summed E-state index contributed by atoms with van der Waals surface area (Å²) in [6.45, 7) is 5.50. The molecule has 0 unspecified atom stereocenters. The maximum Gasteiger partial charge on any atom is 0.123 e. The number of anilines is 1. The standard InChI is InChI=1S/C22H23NO/c1-17-13-18(2)22(24)20(14-17)16-23(21-11-7-4-8-12-21)15-19-9-5-3-6-10-19/h3-14,24H,15-16H2,1-2H3. The number of phenolic OH excluding ortho intramolecular Hbond substituents is 1. The van der Waals surface area contributed by atoms with E-state index < -0.39 is 0 Å². The van der Waals surface area contributed by atoms with Crippen LogP contribution in [-0.4, -0.2) is 5.11 Å². The average Bonchev–Trinajstić information content (AvgIpc) is 2.60. The zero-order chi connectivity index (χ0) is 16.9. The van der Waals surface area contributed by atoms with Gasteiger partial charge in [0.05, 0.1) is 0 Å². The average molecular weight is 317 g/mol. The van der Waals surface area contributed by atoms with E-state index >= 15 is 0 Å². The van der Waals surface area contributed by atoms with E-state index in [9.17, 15) is 5.11 Å². The first-order valence-corrected chi connectivity index (χ1v) is 8.26. The van der Waals surface area contributed by atoms with Gasteiger partial charge in [0.1, 0.15) is 5.75 Å². The molecule has 0 amide bonds. The number of phenols is 1. The van der Waals surface area contributed by atoms with E-state index in [4.69, 9.17) is 0 Å². The van der Waals surface area contributed by atoms with Crippen molar-refractivity contribution >= 4 is 5.69 Å². The molecule has 122 valence electrons. The van der Waals surface area contributed by atoms with Crippen LogP contribution in [0.5, 0.6) is 5.75 Å². The molecular formula is C22H23NO.